The third-order valence-electron chi connectivity index (χ3n) is 4.81. The minimum atomic E-state index is -3.21. The van der Waals surface area contributed by atoms with Crippen LogP contribution in [0.15, 0.2) is 41.5 Å². The second-order valence-electron chi connectivity index (χ2n) is 6.75. The van der Waals surface area contributed by atoms with Gasteiger partial charge in [0.25, 0.3) is 17.1 Å². The number of carbonyl (C=O) groups is 1. The van der Waals surface area contributed by atoms with Crippen molar-refractivity contribution in [1.29, 1.82) is 0 Å². The van der Waals surface area contributed by atoms with Crippen LogP contribution in [0.4, 0.5) is 14.7 Å². The fraction of sp³-hybridized carbons (Fsp3) is 0.263. The van der Waals surface area contributed by atoms with E-state index in [-0.39, 0.29) is 22.7 Å². The maximum atomic E-state index is 16.0. The number of H-pyrrole nitrogens is 1. The van der Waals surface area contributed by atoms with Gasteiger partial charge in [0, 0.05) is 0 Å². The van der Waals surface area contributed by atoms with E-state index in [9.17, 15) is 14.7 Å². The van der Waals surface area contributed by atoms with Crippen LogP contribution in [0.3, 0.4) is 0 Å². The van der Waals surface area contributed by atoms with Crippen LogP contribution in [0, 0.1) is 12.3 Å². The van der Waals surface area contributed by atoms with Crippen molar-refractivity contribution in [2.24, 2.45) is 0 Å². The number of rotatable bonds is 4. The quantitative estimate of drug-likeness (QED) is 0.399. The first-order valence-electron chi connectivity index (χ1n) is 8.86. The first-order valence-corrected chi connectivity index (χ1v) is 8.86. The van der Waals surface area contributed by atoms with Gasteiger partial charge in [0.05, 0.1) is 11.9 Å². The molecular weight excluding hydrogens is 416 g/mol. The number of aromatic amines is 1. The lowest BCUT2D eigenvalue weighted by Crippen LogP contribution is -2.50. The van der Waals surface area contributed by atoms with Gasteiger partial charge in [-0.15, -0.1) is 6.42 Å². The molecule has 160 valence electrons. The molecule has 3 heterocycles. The molecule has 4 atom stereocenters. The van der Waals surface area contributed by atoms with Gasteiger partial charge in [0.15, 0.2) is 17.4 Å². The molecule has 0 spiro atoms. The van der Waals surface area contributed by atoms with Crippen molar-refractivity contribution < 1.29 is 28.2 Å². The van der Waals surface area contributed by atoms with E-state index in [1.807, 2.05) is 0 Å². The van der Waals surface area contributed by atoms with E-state index in [0.717, 1.165) is 10.9 Å². The molecule has 31 heavy (non-hydrogen) atoms. The van der Waals surface area contributed by atoms with E-state index in [4.69, 9.17) is 21.6 Å². The number of nitrogens with one attached hydrogen (secondary N) is 1. The Balaban J connectivity index is 1.80. The van der Waals surface area contributed by atoms with Crippen LogP contribution in [0.25, 0.3) is 11.2 Å². The number of anilines is 1. The summed E-state index contributed by atoms with van der Waals surface area (Å²) < 4.78 is 42.5. The van der Waals surface area contributed by atoms with Gasteiger partial charge < -0.3 is 20.3 Å². The molecule has 0 saturated carbocycles. The highest BCUT2D eigenvalue weighted by atomic mass is 19.2. The summed E-state index contributed by atoms with van der Waals surface area (Å²) in [5, 5.41) is 9.58. The number of hydrogen-bond donors (Lipinski definition) is 3. The minimum Gasteiger partial charge on any atom is -0.448 e. The van der Waals surface area contributed by atoms with Crippen molar-refractivity contribution in [3.63, 3.8) is 0 Å². The Morgan fingerprint density at radius 2 is 2.13 bits per heavy atom. The average molecular weight is 431 g/mol. The number of aromatic nitrogens is 4. The molecule has 1 aromatic carbocycles. The second kappa shape index (κ2) is 7.15. The number of terminal acetylenes is 1. The number of nitrogen functional groups attached to an aromatic ring is 1. The summed E-state index contributed by atoms with van der Waals surface area (Å²) in [6.07, 6.45) is 1.95. The lowest BCUT2D eigenvalue weighted by atomic mass is 9.95. The lowest BCUT2D eigenvalue weighted by Gasteiger charge is -2.27. The summed E-state index contributed by atoms with van der Waals surface area (Å²) in [6, 6.07) is 7.41. The lowest BCUT2D eigenvalue weighted by molar-refractivity contribution is -0.206. The Bertz CT molecular complexity index is 1260. The number of halogens is 2. The third-order valence-corrected chi connectivity index (χ3v) is 4.81. The predicted octanol–water partition coefficient (Wildman–Crippen LogP) is 0.456. The zero-order chi connectivity index (χ0) is 22.4. The van der Waals surface area contributed by atoms with E-state index < -0.39 is 42.0 Å². The molecule has 1 aliphatic heterocycles. The van der Waals surface area contributed by atoms with Gasteiger partial charge in [0.2, 0.25) is 12.1 Å². The van der Waals surface area contributed by atoms with Crippen molar-refractivity contribution >= 4 is 23.1 Å². The molecule has 3 aromatic rings. The number of benzene rings is 1. The third kappa shape index (κ3) is 3.11. The summed E-state index contributed by atoms with van der Waals surface area (Å²) in [5.74, 6) is -2.86. The first kappa shape index (κ1) is 20.5. The maximum Gasteiger partial charge on any atom is 0.338 e. The van der Waals surface area contributed by atoms with Crippen LogP contribution in [-0.4, -0.2) is 54.8 Å². The Morgan fingerprint density at radius 3 is 2.77 bits per heavy atom. The first-order chi connectivity index (χ1) is 14.7. The Labute approximate surface area is 172 Å². The zero-order valence-corrected chi connectivity index (χ0v) is 15.7. The van der Waals surface area contributed by atoms with Crippen molar-refractivity contribution in [2.75, 3.05) is 12.3 Å². The van der Waals surface area contributed by atoms with E-state index in [1.165, 1.54) is 24.3 Å². The zero-order valence-electron chi connectivity index (χ0n) is 15.7. The van der Waals surface area contributed by atoms with Gasteiger partial charge in [-0.2, -0.15) is 4.98 Å². The molecule has 2 aromatic heterocycles. The predicted molar refractivity (Wildman–Crippen MR) is 102 cm³/mol. The number of alkyl halides is 2. The number of fused-ring (bicyclic) bond motifs is 1. The average Bonchev–Trinajstić information content (AvgIpc) is 3.27. The van der Waals surface area contributed by atoms with Crippen LogP contribution in [0.5, 0.6) is 0 Å². The van der Waals surface area contributed by atoms with Gasteiger partial charge in [0.1, 0.15) is 6.61 Å². The Hall–Kier alpha value is -3.82. The SMILES string of the molecule is C#C[C@]1(F)[C@H](n2cnc3c(=O)[nH]c(N)nc32)O[C@](F)(CO)[C@H]1OC(=O)c1ccccc1. The molecule has 12 heteroatoms. The summed E-state index contributed by atoms with van der Waals surface area (Å²) >= 11 is 0. The van der Waals surface area contributed by atoms with Gasteiger partial charge in [-0.3, -0.25) is 14.3 Å². The molecule has 0 unspecified atom stereocenters. The van der Waals surface area contributed by atoms with E-state index in [1.54, 1.807) is 12.0 Å². The van der Waals surface area contributed by atoms with E-state index in [2.05, 4.69) is 15.0 Å². The Morgan fingerprint density at radius 1 is 1.42 bits per heavy atom. The monoisotopic (exact) mass is 431 g/mol. The second-order valence-corrected chi connectivity index (χ2v) is 6.75. The summed E-state index contributed by atoms with van der Waals surface area (Å²) in [7, 11) is 0. The van der Waals surface area contributed by atoms with Gasteiger partial charge >= 0.3 is 5.97 Å². The van der Waals surface area contributed by atoms with Crippen molar-refractivity contribution in [1.82, 2.24) is 19.5 Å². The van der Waals surface area contributed by atoms with E-state index in [0.29, 0.717) is 0 Å². The normalized spacial score (nSPS) is 27.8. The number of aliphatic hydroxyl groups is 1. The number of nitrogens with two attached hydrogens (primary N) is 1. The molecule has 4 N–H and O–H groups in total. The smallest absolute Gasteiger partial charge is 0.338 e. The number of carbonyl (C=O) groups excluding carboxylic acids is 1. The van der Waals surface area contributed by atoms with Gasteiger partial charge in [-0.1, -0.05) is 24.1 Å². The largest absolute Gasteiger partial charge is 0.448 e. The van der Waals surface area contributed by atoms with Crippen molar-refractivity contribution in [3.8, 4) is 12.3 Å². The highest BCUT2D eigenvalue weighted by molar-refractivity contribution is 5.89. The molecule has 0 bridgehead atoms. The maximum absolute atomic E-state index is 16.0. The van der Waals surface area contributed by atoms with Crippen LogP contribution in [0.1, 0.15) is 16.6 Å². The highest BCUT2D eigenvalue weighted by Crippen LogP contribution is 2.49. The highest BCUT2D eigenvalue weighted by Gasteiger charge is 2.69. The molecule has 0 aliphatic carbocycles. The van der Waals surface area contributed by atoms with Crippen LogP contribution in [0.2, 0.25) is 0 Å². The number of aliphatic hydroxyl groups excluding tert-OH is 1. The number of esters is 1. The summed E-state index contributed by atoms with van der Waals surface area (Å²) in [5.41, 5.74) is 1.18. The van der Waals surface area contributed by atoms with Crippen LogP contribution < -0.4 is 11.3 Å². The van der Waals surface area contributed by atoms with E-state index >= 15 is 8.78 Å². The molecule has 1 fully saturated rings. The molecule has 4 rings (SSSR count). The fourth-order valence-electron chi connectivity index (χ4n) is 3.34. The topological polar surface area (TPSA) is 145 Å². The van der Waals surface area contributed by atoms with Gasteiger partial charge in [-0.25, -0.2) is 18.6 Å². The molecule has 0 amide bonds. The standard InChI is InChI=1S/C19H15F2N5O5/c1-2-18(20)15(30-14(29)10-6-4-3-5-7-10)19(21,8-27)31-16(18)26-9-23-11-12(26)24-17(22)25-13(11)28/h1,3-7,9,15-16,27H,8H2,(H3,22,24,25,28)/t15-,16+,18+,19+/m0/s1. The molecule has 0 radical (unpaired) electrons. The molecule has 1 aliphatic rings. The fourth-order valence-corrected chi connectivity index (χ4v) is 3.34. The number of imidazole rings is 1. The minimum absolute atomic E-state index is 0.000309. The van der Waals surface area contributed by atoms with Crippen molar-refractivity contribution in [3.05, 3.63) is 52.6 Å². The summed E-state index contributed by atoms with van der Waals surface area (Å²) in [4.78, 5) is 34.3. The summed E-state index contributed by atoms with van der Waals surface area (Å²) in [6.45, 7) is -1.38. The molecule has 10 nitrogen and oxygen atoms in total. The van der Waals surface area contributed by atoms with Gasteiger partial charge in [-0.05, 0) is 12.1 Å². The molecular formula is C19H15F2N5O5. The number of hydrogen-bond acceptors (Lipinski definition) is 8. The number of nitrogens with zero attached hydrogens (tertiary/aromatic N) is 3. The van der Waals surface area contributed by atoms with Crippen molar-refractivity contribution in [2.45, 2.75) is 23.9 Å². The van der Waals surface area contributed by atoms with Crippen LogP contribution in [-0.2, 0) is 9.47 Å². The Kier molecular flexibility index (Phi) is 4.72. The number of ether oxygens (including phenoxy) is 2. The van der Waals surface area contributed by atoms with Crippen LogP contribution >= 0.6 is 0 Å². The molecule has 1 saturated heterocycles.